The van der Waals surface area contributed by atoms with Crippen molar-refractivity contribution in [1.82, 2.24) is 4.98 Å². The van der Waals surface area contributed by atoms with Crippen LogP contribution in [0, 0.1) is 4.91 Å². The molecule has 0 radical (unpaired) electrons. The largest absolute Gasteiger partial charge is 0.257 e. The highest BCUT2D eigenvalue weighted by Crippen LogP contribution is 2.42. The molecule has 0 N–H and O–H groups in total. The number of nitrogens with zero attached hydrogens (tertiary/aromatic N) is 2. The molecule has 1 aromatic heterocycles. The fourth-order valence-corrected chi connectivity index (χ4v) is 1.46. The average molecular weight is 183 g/mol. The van der Waals surface area contributed by atoms with Crippen molar-refractivity contribution in [3.8, 4) is 0 Å². The van der Waals surface area contributed by atoms with Gasteiger partial charge in [-0.3, -0.25) is 4.98 Å². The van der Waals surface area contributed by atoms with E-state index >= 15 is 0 Å². The van der Waals surface area contributed by atoms with Crippen molar-refractivity contribution < 1.29 is 0 Å². The summed E-state index contributed by atoms with van der Waals surface area (Å²) in [5.41, 5.74) is 1.20. The summed E-state index contributed by atoms with van der Waals surface area (Å²) in [4.78, 5) is 14.2. The molecule has 1 saturated carbocycles. The molecule has 0 bridgehead atoms. The van der Waals surface area contributed by atoms with Crippen molar-refractivity contribution in [2.45, 2.75) is 18.8 Å². The molecule has 4 heteroatoms. The van der Waals surface area contributed by atoms with Gasteiger partial charge in [-0.2, -0.15) is 0 Å². The lowest BCUT2D eigenvalue weighted by Gasteiger charge is -1.99. The number of rotatable bonds is 2. The molecule has 0 aliphatic heterocycles. The molecule has 0 amide bonds. The van der Waals surface area contributed by atoms with Gasteiger partial charge in [0.05, 0.1) is 16.9 Å². The fourth-order valence-electron chi connectivity index (χ4n) is 1.15. The van der Waals surface area contributed by atoms with Gasteiger partial charge in [0.15, 0.2) is 0 Å². The topological polar surface area (TPSA) is 42.3 Å². The molecule has 12 heavy (non-hydrogen) atoms. The van der Waals surface area contributed by atoms with Crippen molar-refractivity contribution >= 4 is 17.3 Å². The first-order valence-electron chi connectivity index (χ1n) is 3.80. The second kappa shape index (κ2) is 2.83. The molecule has 0 aromatic carbocycles. The molecule has 1 aromatic rings. The highest BCUT2D eigenvalue weighted by atomic mass is 35.5. The van der Waals surface area contributed by atoms with E-state index in [0.29, 0.717) is 16.6 Å². The molecule has 1 aliphatic rings. The van der Waals surface area contributed by atoms with Gasteiger partial charge >= 0.3 is 0 Å². The van der Waals surface area contributed by atoms with Crippen molar-refractivity contribution in [3.63, 3.8) is 0 Å². The standard InChI is InChI=1S/C8H7ClN2O/c9-7-3-6(11-12)4-10-8(7)5-1-2-5/h3-5H,1-2H2. The molecule has 0 atom stereocenters. The van der Waals surface area contributed by atoms with Crippen molar-refractivity contribution in [2.24, 2.45) is 5.18 Å². The van der Waals surface area contributed by atoms with E-state index in [0.717, 1.165) is 18.5 Å². The van der Waals surface area contributed by atoms with Crippen molar-refractivity contribution in [2.75, 3.05) is 0 Å². The maximum atomic E-state index is 10.1. The Hall–Kier alpha value is -0.960. The highest BCUT2D eigenvalue weighted by Gasteiger charge is 2.27. The molecule has 62 valence electrons. The van der Waals surface area contributed by atoms with Gasteiger partial charge in [0, 0.05) is 5.92 Å². The first-order valence-corrected chi connectivity index (χ1v) is 4.18. The summed E-state index contributed by atoms with van der Waals surface area (Å²) in [6.07, 6.45) is 3.77. The van der Waals surface area contributed by atoms with Gasteiger partial charge in [-0.05, 0) is 24.1 Å². The molecule has 1 fully saturated rings. The normalized spacial score (nSPS) is 16.1. The van der Waals surface area contributed by atoms with Crippen molar-refractivity contribution in [1.29, 1.82) is 0 Å². The number of aromatic nitrogens is 1. The van der Waals surface area contributed by atoms with Crippen LogP contribution in [0.25, 0.3) is 0 Å². The number of halogens is 1. The summed E-state index contributed by atoms with van der Waals surface area (Å²) in [7, 11) is 0. The minimum Gasteiger partial charge on any atom is -0.257 e. The lowest BCUT2D eigenvalue weighted by Crippen LogP contribution is -1.86. The van der Waals surface area contributed by atoms with Crippen LogP contribution in [-0.2, 0) is 0 Å². The second-order valence-corrected chi connectivity index (χ2v) is 3.33. The Labute approximate surface area is 74.7 Å². The monoisotopic (exact) mass is 182 g/mol. The zero-order valence-electron chi connectivity index (χ0n) is 6.33. The van der Waals surface area contributed by atoms with Crippen LogP contribution in [0.4, 0.5) is 5.69 Å². The average Bonchev–Trinajstić information content (AvgIpc) is 2.87. The Morgan fingerprint density at radius 3 is 2.83 bits per heavy atom. The molecule has 0 spiro atoms. The molecular weight excluding hydrogens is 176 g/mol. The Kier molecular flexibility index (Phi) is 1.81. The lowest BCUT2D eigenvalue weighted by atomic mass is 10.2. The fraction of sp³-hybridized carbons (Fsp3) is 0.375. The van der Waals surface area contributed by atoms with E-state index in [1.165, 1.54) is 6.20 Å². The molecule has 0 unspecified atom stereocenters. The third-order valence-electron chi connectivity index (χ3n) is 1.92. The Morgan fingerprint density at radius 2 is 2.33 bits per heavy atom. The predicted octanol–water partition coefficient (Wildman–Crippen LogP) is 3.01. The molecule has 2 rings (SSSR count). The third kappa shape index (κ3) is 1.32. The summed E-state index contributed by atoms with van der Waals surface area (Å²) in [6.45, 7) is 0. The van der Waals surface area contributed by atoms with E-state index in [2.05, 4.69) is 10.2 Å². The lowest BCUT2D eigenvalue weighted by molar-refractivity contribution is 1.02. The molecule has 0 saturated heterocycles. The molecule has 3 nitrogen and oxygen atoms in total. The van der Waals surface area contributed by atoms with Crippen molar-refractivity contribution in [3.05, 3.63) is 27.9 Å². The Bertz CT molecular complexity index is 323. The van der Waals surface area contributed by atoms with E-state index in [-0.39, 0.29) is 0 Å². The molecule has 1 heterocycles. The maximum absolute atomic E-state index is 10.1. The highest BCUT2D eigenvalue weighted by molar-refractivity contribution is 6.31. The Morgan fingerprint density at radius 1 is 1.58 bits per heavy atom. The van der Waals surface area contributed by atoms with Crippen LogP contribution in [-0.4, -0.2) is 4.98 Å². The predicted molar refractivity (Wildman–Crippen MR) is 46.7 cm³/mol. The van der Waals surface area contributed by atoms with Gasteiger partial charge in [0.1, 0.15) is 5.69 Å². The number of pyridine rings is 1. The number of hydrogen-bond acceptors (Lipinski definition) is 3. The van der Waals surface area contributed by atoms with Crippen LogP contribution in [0.15, 0.2) is 17.4 Å². The van der Waals surface area contributed by atoms with E-state index in [1.807, 2.05) is 0 Å². The van der Waals surface area contributed by atoms with E-state index in [9.17, 15) is 4.91 Å². The molecule has 1 aliphatic carbocycles. The SMILES string of the molecule is O=Nc1cnc(C2CC2)c(Cl)c1. The quantitative estimate of drug-likeness (QED) is 0.660. The summed E-state index contributed by atoms with van der Waals surface area (Å²) < 4.78 is 0. The number of nitroso groups, excluding NO2 is 1. The van der Waals surface area contributed by atoms with Gasteiger partial charge in [0.25, 0.3) is 0 Å². The van der Waals surface area contributed by atoms with Gasteiger partial charge in [-0.15, -0.1) is 4.91 Å². The van der Waals surface area contributed by atoms with Crippen LogP contribution in [0.1, 0.15) is 24.5 Å². The van der Waals surface area contributed by atoms with E-state index in [4.69, 9.17) is 11.6 Å². The van der Waals surface area contributed by atoms with Gasteiger partial charge in [0.2, 0.25) is 0 Å². The van der Waals surface area contributed by atoms with E-state index < -0.39 is 0 Å². The Balaban J connectivity index is 2.38. The van der Waals surface area contributed by atoms with Crippen LogP contribution < -0.4 is 0 Å². The van der Waals surface area contributed by atoms with Gasteiger partial charge < -0.3 is 0 Å². The van der Waals surface area contributed by atoms with E-state index in [1.54, 1.807) is 6.07 Å². The summed E-state index contributed by atoms with van der Waals surface area (Å²) in [5, 5.41) is 3.32. The minimum absolute atomic E-state index is 0.296. The van der Waals surface area contributed by atoms with Crippen LogP contribution in [0.3, 0.4) is 0 Å². The zero-order chi connectivity index (χ0) is 8.55. The summed E-state index contributed by atoms with van der Waals surface area (Å²) in [5.74, 6) is 0.512. The van der Waals surface area contributed by atoms with Crippen LogP contribution in [0.2, 0.25) is 5.02 Å². The third-order valence-corrected chi connectivity index (χ3v) is 2.23. The first kappa shape index (κ1) is 7.68. The first-order chi connectivity index (χ1) is 5.81. The minimum atomic E-state index is 0.296. The maximum Gasteiger partial charge on any atom is 0.127 e. The molecular formula is C8H7ClN2O. The van der Waals surface area contributed by atoms with Crippen LogP contribution >= 0.6 is 11.6 Å². The van der Waals surface area contributed by atoms with Gasteiger partial charge in [-0.25, -0.2) is 0 Å². The smallest absolute Gasteiger partial charge is 0.127 e. The zero-order valence-corrected chi connectivity index (χ0v) is 7.08. The van der Waals surface area contributed by atoms with Gasteiger partial charge in [-0.1, -0.05) is 11.6 Å². The summed E-state index contributed by atoms with van der Waals surface area (Å²) in [6, 6.07) is 1.56. The summed E-state index contributed by atoms with van der Waals surface area (Å²) >= 11 is 5.88. The number of hydrogen-bond donors (Lipinski definition) is 0. The van der Waals surface area contributed by atoms with Crippen LogP contribution in [0.5, 0.6) is 0 Å². The second-order valence-electron chi connectivity index (χ2n) is 2.93.